The number of nitrogens with one attached hydrogen (secondary N) is 1. The van der Waals surface area contributed by atoms with Gasteiger partial charge in [0.05, 0.1) is 18.7 Å². The summed E-state index contributed by atoms with van der Waals surface area (Å²) in [6, 6.07) is 1.43. The van der Waals surface area contributed by atoms with Gasteiger partial charge in [0.1, 0.15) is 0 Å². The van der Waals surface area contributed by atoms with Crippen LogP contribution < -0.4 is 5.32 Å². The number of rotatable bonds is 4. The Kier molecular flexibility index (Phi) is 6.42. The van der Waals surface area contributed by atoms with Crippen molar-refractivity contribution in [2.75, 3.05) is 39.3 Å². The van der Waals surface area contributed by atoms with E-state index in [0.717, 1.165) is 6.07 Å². The average molecular weight is 373 g/mol. The van der Waals surface area contributed by atoms with Crippen LogP contribution >= 0.6 is 0 Å². The fourth-order valence-corrected chi connectivity index (χ4v) is 2.42. The molecule has 0 unspecified atom stereocenters. The lowest BCUT2D eigenvalue weighted by Crippen LogP contribution is -2.52. The number of amides is 3. The maximum absolute atomic E-state index is 13.6. The van der Waals surface area contributed by atoms with Gasteiger partial charge < -0.3 is 19.9 Å². The zero-order chi connectivity index (χ0) is 19.3. The summed E-state index contributed by atoms with van der Waals surface area (Å²) >= 11 is 0. The highest BCUT2D eigenvalue weighted by atomic mass is 19.2. The lowest BCUT2D eigenvalue weighted by Gasteiger charge is -2.34. The van der Waals surface area contributed by atoms with E-state index in [-0.39, 0.29) is 32.8 Å². The molecule has 0 saturated carbocycles. The molecule has 1 saturated heterocycles. The first kappa shape index (κ1) is 19.5. The normalized spacial score (nSPS) is 14.2. The van der Waals surface area contributed by atoms with Gasteiger partial charge in [0.2, 0.25) is 5.91 Å². The van der Waals surface area contributed by atoms with E-state index in [0.29, 0.717) is 6.07 Å². The number of halogens is 3. The van der Waals surface area contributed by atoms with Gasteiger partial charge in [0, 0.05) is 26.2 Å². The van der Waals surface area contributed by atoms with Crippen LogP contribution in [0.15, 0.2) is 12.1 Å². The van der Waals surface area contributed by atoms with Crippen molar-refractivity contribution in [1.29, 1.82) is 0 Å². The molecule has 0 atom stereocenters. The molecule has 142 valence electrons. The zero-order valence-electron chi connectivity index (χ0n) is 14.1. The second kappa shape index (κ2) is 8.54. The summed E-state index contributed by atoms with van der Waals surface area (Å²) in [7, 11) is 0. The highest BCUT2D eigenvalue weighted by Gasteiger charge is 2.25. The SMILES string of the molecule is CCOC(=O)N1CCN(C(=O)CNC(=O)c2ccc(F)c(F)c2F)CC1. The number of hydrogen-bond acceptors (Lipinski definition) is 4. The van der Waals surface area contributed by atoms with Crippen molar-refractivity contribution in [2.24, 2.45) is 0 Å². The summed E-state index contributed by atoms with van der Waals surface area (Å²) < 4.78 is 44.4. The van der Waals surface area contributed by atoms with E-state index >= 15 is 0 Å². The molecule has 1 aromatic rings. The first-order valence-electron chi connectivity index (χ1n) is 7.96. The Morgan fingerprint density at radius 1 is 1.04 bits per heavy atom. The Hall–Kier alpha value is -2.78. The Morgan fingerprint density at radius 2 is 1.65 bits per heavy atom. The number of benzene rings is 1. The van der Waals surface area contributed by atoms with Gasteiger partial charge >= 0.3 is 6.09 Å². The highest BCUT2D eigenvalue weighted by molar-refractivity contribution is 5.96. The Bertz CT molecular complexity index is 706. The van der Waals surface area contributed by atoms with Gasteiger partial charge in [-0.25, -0.2) is 18.0 Å². The average Bonchev–Trinajstić information content (AvgIpc) is 2.64. The molecule has 10 heteroatoms. The largest absolute Gasteiger partial charge is 0.450 e. The molecule has 0 spiro atoms. The number of carbonyl (C=O) groups is 3. The van der Waals surface area contributed by atoms with Gasteiger partial charge in [-0.3, -0.25) is 9.59 Å². The molecule has 1 aliphatic heterocycles. The van der Waals surface area contributed by atoms with Crippen LogP contribution in [0.2, 0.25) is 0 Å². The standard InChI is InChI=1S/C16H18F3N3O4/c1-2-26-16(25)22-7-5-21(6-8-22)12(23)9-20-15(24)10-3-4-11(17)14(19)13(10)18/h3-4H,2,5-9H2,1H3,(H,20,24). The van der Waals surface area contributed by atoms with Crippen molar-refractivity contribution in [3.63, 3.8) is 0 Å². The van der Waals surface area contributed by atoms with E-state index in [4.69, 9.17) is 4.74 Å². The molecule has 1 heterocycles. The van der Waals surface area contributed by atoms with E-state index in [2.05, 4.69) is 5.32 Å². The summed E-state index contributed by atoms with van der Waals surface area (Å²) in [5, 5.41) is 2.17. The lowest BCUT2D eigenvalue weighted by molar-refractivity contribution is -0.131. The van der Waals surface area contributed by atoms with Gasteiger partial charge in [-0.2, -0.15) is 0 Å². The number of piperazine rings is 1. The summed E-state index contributed by atoms with van der Waals surface area (Å²) in [6.45, 7) is 2.60. The molecular weight excluding hydrogens is 355 g/mol. The van der Waals surface area contributed by atoms with Crippen LogP contribution in [0, 0.1) is 17.5 Å². The van der Waals surface area contributed by atoms with Crippen LogP contribution in [0.1, 0.15) is 17.3 Å². The van der Waals surface area contributed by atoms with E-state index in [1.807, 2.05) is 0 Å². The third-order valence-electron chi connectivity index (χ3n) is 3.84. The van der Waals surface area contributed by atoms with Crippen LogP contribution in [-0.2, 0) is 9.53 Å². The highest BCUT2D eigenvalue weighted by Crippen LogP contribution is 2.15. The van der Waals surface area contributed by atoms with E-state index in [9.17, 15) is 27.6 Å². The quantitative estimate of drug-likeness (QED) is 0.803. The van der Waals surface area contributed by atoms with Crippen molar-refractivity contribution in [3.05, 3.63) is 35.1 Å². The van der Waals surface area contributed by atoms with E-state index in [1.165, 1.54) is 9.80 Å². The van der Waals surface area contributed by atoms with Crippen LogP contribution in [0.3, 0.4) is 0 Å². The van der Waals surface area contributed by atoms with Crippen molar-refractivity contribution in [2.45, 2.75) is 6.92 Å². The van der Waals surface area contributed by atoms with Gasteiger partial charge in [-0.1, -0.05) is 0 Å². The molecule has 3 amide bonds. The first-order valence-corrected chi connectivity index (χ1v) is 7.96. The van der Waals surface area contributed by atoms with Gasteiger partial charge in [-0.15, -0.1) is 0 Å². The molecular formula is C16H18F3N3O4. The van der Waals surface area contributed by atoms with Gasteiger partial charge in [-0.05, 0) is 19.1 Å². The maximum atomic E-state index is 13.6. The van der Waals surface area contributed by atoms with Crippen LogP contribution in [0.4, 0.5) is 18.0 Å². The third kappa shape index (κ3) is 4.44. The van der Waals surface area contributed by atoms with Crippen molar-refractivity contribution in [3.8, 4) is 0 Å². The molecule has 1 N–H and O–H groups in total. The molecule has 2 rings (SSSR count). The number of hydrogen-bond donors (Lipinski definition) is 1. The minimum Gasteiger partial charge on any atom is -0.450 e. The Balaban J connectivity index is 1.85. The summed E-state index contributed by atoms with van der Waals surface area (Å²) in [6.07, 6.45) is -0.457. The zero-order valence-corrected chi connectivity index (χ0v) is 14.1. The topological polar surface area (TPSA) is 79.0 Å². The molecule has 1 fully saturated rings. The number of nitrogens with zero attached hydrogens (tertiary/aromatic N) is 2. The van der Waals surface area contributed by atoms with Crippen molar-refractivity contribution in [1.82, 2.24) is 15.1 Å². The van der Waals surface area contributed by atoms with Crippen LogP contribution in [0.5, 0.6) is 0 Å². The lowest BCUT2D eigenvalue weighted by atomic mass is 10.2. The van der Waals surface area contributed by atoms with Crippen molar-refractivity contribution >= 4 is 17.9 Å². The van der Waals surface area contributed by atoms with Gasteiger partial charge in [0.25, 0.3) is 5.91 Å². The maximum Gasteiger partial charge on any atom is 0.409 e. The molecule has 0 aliphatic carbocycles. The number of ether oxygens (including phenoxy) is 1. The Morgan fingerprint density at radius 3 is 2.27 bits per heavy atom. The predicted molar refractivity (Wildman–Crippen MR) is 83.8 cm³/mol. The smallest absolute Gasteiger partial charge is 0.409 e. The summed E-state index contributed by atoms with van der Waals surface area (Å²) in [5.41, 5.74) is -0.691. The number of carbonyl (C=O) groups excluding carboxylic acids is 3. The van der Waals surface area contributed by atoms with E-state index in [1.54, 1.807) is 6.92 Å². The predicted octanol–water partition coefficient (Wildman–Crippen LogP) is 1.13. The van der Waals surface area contributed by atoms with Crippen LogP contribution in [0.25, 0.3) is 0 Å². The van der Waals surface area contributed by atoms with E-state index < -0.39 is 47.5 Å². The summed E-state index contributed by atoms with van der Waals surface area (Å²) in [5.74, 6) is -6.24. The second-order valence-electron chi connectivity index (χ2n) is 5.47. The minimum atomic E-state index is -1.75. The fraction of sp³-hybridized carbons (Fsp3) is 0.438. The van der Waals surface area contributed by atoms with Gasteiger partial charge in [0.15, 0.2) is 17.5 Å². The third-order valence-corrected chi connectivity index (χ3v) is 3.84. The van der Waals surface area contributed by atoms with Crippen molar-refractivity contribution < 1.29 is 32.3 Å². The monoisotopic (exact) mass is 373 g/mol. The second-order valence-corrected chi connectivity index (χ2v) is 5.47. The molecule has 1 aromatic carbocycles. The van der Waals surface area contributed by atoms with Crippen LogP contribution in [-0.4, -0.2) is 67.0 Å². The molecule has 7 nitrogen and oxygen atoms in total. The fourth-order valence-electron chi connectivity index (χ4n) is 2.42. The minimum absolute atomic E-state index is 0.255. The molecule has 0 radical (unpaired) electrons. The molecule has 1 aliphatic rings. The Labute approximate surface area is 147 Å². The first-order chi connectivity index (χ1) is 12.3. The molecule has 26 heavy (non-hydrogen) atoms. The molecule has 0 bridgehead atoms. The molecule has 0 aromatic heterocycles. The summed E-state index contributed by atoms with van der Waals surface area (Å²) in [4.78, 5) is 38.4.